The highest BCUT2D eigenvalue weighted by atomic mass is 32.2. The van der Waals surface area contributed by atoms with Crippen molar-refractivity contribution in [2.24, 2.45) is 0 Å². The van der Waals surface area contributed by atoms with Crippen molar-refractivity contribution in [3.63, 3.8) is 0 Å². The molecule has 32 heavy (non-hydrogen) atoms. The highest BCUT2D eigenvalue weighted by molar-refractivity contribution is 8.00. The molecule has 1 amide bonds. The smallest absolute Gasteiger partial charge is 0.233 e. The Balaban J connectivity index is 1.47. The lowest BCUT2D eigenvalue weighted by atomic mass is 9.97. The fourth-order valence-electron chi connectivity index (χ4n) is 4.17. The van der Waals surface area contributed by atoms with Crippen LogP contribution in [0.25, 0.3) is 5.69 Å². The maximum atomic E-state index is 12.8. The zero-order valence-corrected chi connectivity index (χ0v) is 19.9. The first-order chi connectivity index (χ1) is 15.6. The van der Waals surface area contributed by atoms with Crippen LogP contribution < -0.4 is 10.2 Å². The summed E-state index contributed by atoms with van der Waals surface area (Å²) in [5.41, 5.74) is 3.66. The second-order valence-electron chi connectivity index (χ2n) is 8.41. The largest absolute Gasteiger partial charge is 0.378 e. The summed E-state index contributed by atoms with van der Waals surface area (Å²) in [6.45, 7) is 7.63. The Labute approximate surface area is 194 Å². The van der Waals surface area contributed by atoms with Crippen LogP contribution in [0.1, 0.15) is 44.6 Å². The van der Waals surface area contributed by atoms with Crippen molar-refractivity contribution in [3.8, 4) is 5.69 Å². The van der Waals surface area contributed by atoms with Gasteiger partial charge in [0.05, 0.1) is 24.2 Å². The molecule has 0 bridgehead atoms. The number of benzene rings is 1. The number of carbonyl (C=O) groups excluding carboxylic acids is 1. The number of aromatic nitrogens is 3. The first-order valence-electron chi connectivity index (χ1n) is 11.6. The van der Waals surface area contributed by atoms with Crippen LogP contribution in [-0.2, 0) is 9.53 Å². The molecule has 1 saturated heterocycles. The van der Waals surface area contributed by atoms with E-state index in [1.807, 2.05) is 19.1 Å². The van der Waals surface area contributed by atoms with Gasteiger partial charge < -0.3 is 15.0 Å². The van der Waals surface area contributed by atoms with Crippen LogP contribution in [-0.4, -0.2) is 58.8 Å². The highest BCUT2D eigenvalue weighted by Gasteiger charge is 2.25. The molecule has 1 aromatic carbocycles. The van der Waals surface area contributed by atoms with E-state index in [1.54, 1.807) is 0 Å². The van der Waals surface area contributed by atoms with E-state index in [0.29, 0.717) is 19.8 Å². The van der Waals surface area contributed by atoms with Gasteiger partial charge in [-0.1, -0.05) is 41.6 Å². The minimum atomic E-state index is -0.264. The third-order valence-electron chi connectivity index (χ3n) is 6.05. The summed E-state index contributed by atoms with van der Waals surface area (Å²) >= 11 is 1.46. The molecule has 2 heterocycles. The predicted molar refractivity (Wildman–Crippen MR) is 129 cm³/mol. The number of nitrogens with one attached hydrogen (secondary N) is 1. The van der Waals surface area contributed by atoms with E-state index in [-0.39, 0.29) is 11.2 Å². The molecule has 1 N–H and O–H groups in total. The zero-order valence-electron chi connectivity index (χ0n) is 19.0. The molecular formula is C24H33N5O2S. The fraction of sp³-hybridized carbons (Fsp3) is 0.542. The predicted octanol–water partition coefficient (Wildman–Crippen LogP) is 3.90. The summed E-state index contributed by atoms with van der Waals surface area (Å²) in [6.07, 6.45) is 8.19. The van der Waals surface area contributed by atoms with Crippen molar-refractivity contribution in [3.05, 3.63) is 41.5 Å². The highest BCUT2D eigenvalue weighted by Crippen LogP contribution is 2.31. The summed E-state index contributed by atoms with van der Waals surface area (Å²) in [6, 6.07) is 8.22. The Hall–Kier alpha value is -2.32. The van der Waals surface area contributed by atoms with E-state index in [9.17, 15) is 4.79 Å². The molecule has 2 aliphatic rings. The minimum Gasteiger partial charge on any atom is -0.378 e. The van der Waals surface area contributed by atoms with Crippen molar-refractivity contribution in [2.45, 2.75) is 56.4 Å². The molecule has 1 aliphatic carbocycles. The quantitative estimate of drug-likeness (QED) is 0.481. The number of aryl methyl sites for hydroxylation is 1. The van der Waals surface area contributed by atoms with E-state index < -0.39 is 0 Å². The summed E-state index contributed by atoms with van der Waals surface area (Å²) in [4.78, 5) is 15.0. The van der Waals surface area contributed by atoms with Crippen molar-refractivity contribution in [1.82, 2.24) is 20.1 Å². The number of thioether (sulfide) groups is 1. The lowest BCUT2D eigenvalue weighted by Gasteiger charge is -2.28. The number of hydrogen-bond acceptors (Lipinski definition) is 6. The average Bonchev–Trinajstić information content (AvgIpc) is 3.23. The van der Waals surface area contributed by atoms with Gasteiger partial charge in [0.2, 0.25) is 11.9 Å². The number of rotatable bonds is 8. The van der Waals surface area contributed by atoms with Crippen LogP contribution in [0.4, 0.5) is 5.95 Å². The number of morpholine rings is 1. The Kier molecular flexibility index (Phi) is 7.86. The van der Waals surface area contributed by atoms with Crippen molar-refractivity contribution in [2.75, 3.05) is 37.7 Å². The van der Waals surface area contributed by atoms with E-state index in [4.69, 9.17) is 4.74 Å². The molecular weight excluding hydrogens is 422 g/mol. The van der Waals surface area contributed by atoms with E-state index in [0.717, 1.165) is 41.9 Å². The number of anilines is 1. The lowest BCUT2D eigenvalue weighted by molar-refractivity contribution is -0.120. The molecule has 7 nitrogen and oxygen atoms in total. The van der Waals surface area contributed by atoms with Gasteiger partial charge in [-0.05, 0) is 57.6 Å². The van der Waals surface area contributed by atoms with Gasteiger partial charge in [0, 0.05) is 19.6 Å². The van der Waals surface area contributed by atoms with E-state index >= 15 is 0 Å². The van der Waals surface area contributed by atoms with Crippen molar-refractivity contribution in [1.29, 1.82) is 0 Å². The molecule has 1 atom stereocenters. The van der Waals surface area contributed by atoms with Crippen LogP contribution in [0, 0.1) is 6.92 Å². The van der Waals surface area contributed by atoms with Crippen LogP contribution in [0.5, 0.6) is 0 Å². The Morgan fingerprint density at radius 3 is 2.78 bits per heavy atom. The van der Waals surface area contributed by atoms with Gasteiger partial charge in [0.15, 0.2) is 5.16 Å². The van der Waals surface area contributed by atoms with Crippen LogP contribution in [0.3, 0.4) is 0 Å². The SMILES string of the molecule is Cc1ccccc1-n1c(SC(C)C(=O)NCCC2=CCCCC2)nnc1N1CCOCC1. The molecule has 1 aromatic heterocycles. The minimum absolute atomic E-state index is 0.0404. The molecule has 8 heteroatoms. The number of nitrogens with zero attached hydrogens (tertiary/aromatic N) is 4. The maximum Gasteiger partial charge on any atom is 0.233 e. The molecule has 0 radical (unpaired) electrons. The summed E-state index contributed by atoms with van der Waals surface area (Å²) in [7, 11) is 0. The van der Waals surface area contributed by atoms with Gasteiger partial charge >= 0.3 is 0 Å². The van der Waals surface area contributed by atoms with Crippen molar-refractivity contribution >= 4 is 23.6 Å². The maximum absolute atomic E-state index is 12.8. The number of amides is 1. The number of para-hydroxylation sites is 1. The summed E-state index contributed by atoms with van der Waals surface area (Å²) in [5.74, 6) is 0.848. The average molecular weight is 456 g/mol. The van der Waals surface area contributed by atoms with Gasteiger partial charge in [0.25, 0.3) is 0 Å². The molecule has 1 unspecified atom stereocenters. The molecule has 2 aromatic rings. The topological polar surface area (TPSA) is 72.3 Å². The van der Waals surface area contributed by atoms with Crippen LogP contribution >= 0.6 is 11.8 Å². The monoisotopic (exact) mass is 455 g/mol. The van der Waals surface area contributed by atoms with Gasteiger partial charge in [-0.2, -0.15) is 0 Å². The third-order valence-corrected chi connectivity index (χ3v) is 7.09. The first kappa shape index (κ1) is 22.9. The normalized spacial score (nSPS) is 17.7. The zero-order chi connectivity index (χ0) is 22.3. The van der Waals surface area contributed by atoms with Crippen LogP contribution in [0.2, 0.25) is 0 Å². The van der Waals surface area contributed by atoms with Crippen molar-refractivity contribution < 1.29 is 9.53 Å². The van der Waals surface area contributed by atoms with Gasteiger partial charge in [0.1, 0.15) is 0 Å². The second-order valence-corrected chi connectivity index (χ2v) is 9.72. The molecule has 0 saturated carbocycles. The lowest BCUT2D eigenvalue weighted by Crippen LogP contribution is -2.38. The fourth-order valence-corrected chi connectivity index (χ4v) is 5.05. The standard InChI is InChI=1S/C24H33N5O2S/c1-18-8-6-7-11-21(18)29-23(28-14-16-31-17-15-28)26-27-24(29)32-19(2)22(30)25-13-12-20-9-4-3-5-10-20/h6-9,11,19H,3-5,10,12-17H2,1-2H3,(H,25,30). The number of allylic oxidation sites excluding steroid dienone is 1. The second kappa shape index (κ2) is 11.0. The van der Waals surface area contributed by atoms with Crippen LogP contribution in [0.15, 0.2) is 41.1 Å². The number of hydrogen-bond donors (Lipinski definition) is 1. The Bertz CT molecular complexity index is 952. The Morgan fingerprint density at radius 2 is 2.03 bits per heavy atom. The third kappa shape index (κ3) is 5.53. The van der Waals surface area contributed by atoms with Gasteiger partial charge in [-0.25, -0.2) is 0 Å². The number of carbonyl (C=O) groups is 1. The molecule has 1 fully saturated rings. The first-order valence-corrected chi connectivity index (χ1v) is 12.5. The number of ether oxygens (including phenoxy) is 1. The van der Waals surface area contributed by atoms with E-state index in [2.05, 4.69) is 50.1 Å². The van der Waals surface area contributed by atoms with Gasteiger partial charge in [-0.3, -0.25) is 9.36 Å². The van der Waals surface area contributed by atoms with Gasteiger partial charge in [-0.15, -0.1) is 10.2 Å². The molecule has 1 aliphatic heterocycles. The Morgan fingerprint density at radius 1 is 1.22 bits per heavy atom. The summed E-state index contributed by atoms with van der Waals surface area (Å²) in [5, 5.41) is 12.6. The van der Waals surface area contributed by atoms with E-state index in [1.165, 1.54) is 43.0 Å². The molecule has 4 rings (SSSR count). The molecule has 0 spiro atoms. The summed E-state index contributed by atoms with van der Waals surface area (Å²) < 4.78 is 7.60. The molecule has 172 valence electrons.